The van der Waals surface area contributed by atoms with Crippen molar-refractivity contribution in [3.05, 3.63) is 76.3 Å². The minimum Gasteiger partial charge on any atom is -0.497 e. The number of methoxy groups -OCH3 is 1. The third-order valence-corrected chi connectivity index (χ3v) is 8.04. The molecule has 3 aromatic rings. The lowest BCUT2D eigenvalue weighted by Gasteiger charge is -2.37. The Labute approximate surface area is 220 Å². The number of urea groups is 1. The predicted molar refractivity (Wildman–Crippen MR) is 144 cm³/mol. The van der Waals surface area contributed by atoms with Gasteiger partial charge in [0.15, 0.2) is 5.13 Å². The summed E-state index contributed by atoms with van der Waals surface area (Å²) >= 11 is 1.41. The number of rotatable bonds is 8. The fourth-order valence-corrected chi connectivity index (χ4v) is 5.91. The zero-order chi connectivity index (χ0) is 26.2. The minimum absolute atomic E-state index is 0.246. The number of aromatic nitrogens is 1. The number of thiazole rings is 1. The van der Waals surface area contributed by atoms with Gasteiger partial charge in [-0.15, -0.1) is 11.3 Å². The highest BCUT2D eigenvalue weighted by Gasteiger charge is 2.42. The van der Waals surface area contributed by atoms with Gasteiger partial charge in [0.25, 0.3) is 0 Å². The normalized spacial score (nSPS) is 19.1. The fourth-order valence-electron chi connectivity index (χ4n) is 5.04. The first-order valence-electron chi connectivity index (χ1n) is 12.3. The van der Waals surface area contributed by atoms with Crippen molar-refractivity contribution >= 4 is 28.4 Å². The number of ether oxygens (including phenoxy) is 1. The van der Waals surface area contributed by atoms with Crippen LogP contribution in [0, 0.1) is 0 Å². The first kappa shape index (κ1) is 25.2. The Morgan fingerprint density at radius 1 is 1.27 bits per heavy atom. The Morgan fingerprint density at radius 2 is 2.05 bits per heavy atom. The lowest BCUT2D eigenvalue weighted by Crippen LogP contribution is -2.55. The first-order valence-corrected chi connectivity index (χ1v) is 13.2. The highest BCUT2D eigenvalue weighted by atomic mass is 32.1. The van der Waals surface area contributed by atoms with E-state index in [0.29, 0.717) is 23.3 Å². The predicted octanol–water partition coefficient (Wildman–Crippen LogP) is 3.57. The lowest BCUT2D eigenvalue weighted by molar-refractivity contribution is -0.00787. The number of hydrogen-bond acceptors (Lipinski definition) is 7. The minimum atomic E-state index is -0.489. The molecule has 0 radical (unpaired) electrons. The molecular weight excluding hydrogens is 488 g/mol. The van der Waals surface area contributed by atoms with Crippen molar-refractivity contribution in [2.45, 2.75) is 44.3 Å². The quantitative estimate of drug-likeness (QED) is 0.419. The van der Waals surface area contributed by atoms with Gasteiger partial charge in [-0.25, -0.2) is 14.8 Å². The number of carbonyl (C=O) groups excluding carboxylic acids is 2. The van der Waals surface area contributed by atoms with Crippen LogP contribution in [0.25, 0.3) is 0 Å². The Bertz CT molecular complexity index is 1290. The Hall–Kier alpha value is -3.47. The van der Waals surface area contributed by atoms with Crippen molar-refractivity contribution in [3.63, 3.8) is 0 Å². The number of carbonyl (C=O) groups is 2. The molecule has 2 unspecified atom stereocenters. The van der Waals surface area contributed by atoms with Crippen LogP contribution < -0.4 is 21.1 Å². The monoisotopic (exact) mass is 520 g/mol. The van der Waals surface area contributed by atoms with Gasteiger partial charge in [-0.1, -0.05) is 38.1 Å². The molecule has 5 rings (SSSR count). The van der Waals surface area contributed by atoms with E-state index in [1.54, 1.807) is 30.3 Å². The van der Waals surface area contributed by atoms with Crippen LogP contribution in [0.1, 0.15) is 47.4 Å². The Kier molecular flexibility index (Phi) is 6.89. The summed E-state index contributed by atoms with van der Waals surface area (Å²) in [5.41, 5.74) is 8.37. The van der Waals surface area contributed by atoms with Crippen molar-refractivity contribution in [1.82, 2.24) is 20.3 Å². The summed E-state index contributed by atoms with van der Waals surface area (Å²) in [5, 5.41) is 12.9. The smallest absolute Gasteiger partial charge is 0.338 e. The summed E-state index contributed by atoms with van der Waals surface area (Å²) in [6, 6.07) is 15.4. The number of nitrogens with one attached hydrogen (secondary N) is 2. The van der Waals surface area contributed by atoms with Crippen molar-refractivity contribution in [3.8, 4) is 5.75 Å². The lowest BCUT2D eigenvalue weighted by atomic mass is 9.82. The number of anilines is 1. The van der Waals surface area contributed by atoms with E-state index in [1.165, 1.54) is 11.3 Å². The maximum atomic E-state index is 13.6. The summed E-state index contributed by atoms with van der Waals surface area (Å²) in [7, 11) is 1.65. The molecule has 2 aromatic carbocycles. The largest absolute Gasteiger partial charge is 0.497 e. The number of hydrogen-bond donors (Lipinski definition) is 3. The zero-order valence-electron chi connectivity index (χ0n) is 21.2. The highest BCUT2D eigenvalue weighted by Crippen LogP contribution is 2.34. The second-order valence-electron chi connectivity index (χ2n) is 10.1. The number of primary amides is 1. The molecule has 9 nitrogen and oxygen atoms in total. The van der Waals surface area contributed by atoms with Crippen LogP contribution in [0.2, 0.25) is 0 Å². The van der Waals surface area contributed by atoms with E-state index < -0.39 is 5.91 Å². The third kappa shape index (κ3) is 5.18. The van der Waals surface area contributed by atoms with E-state index >= 15 is 0 Å². The van der Waals surface area contributed by atoms with Crippen LogP contribution in [0.5, 0.6) is 5.75 Å². The van der Waals surface area contributed by atoms with E-state index in [0.717, 1.165) is 42.1 Å². The Balaban J connectivity index is 1.35. The molecule has 194 valence electrons. The van der Waals surface area contributed by atoms with Crippen molar-refractivity contribution in [2.75, 3.05) is 25.5 Å². The van der Waals surface area contributed by atoms with Crippen LogP contribution in [0.15, 0.2) is 53.9 Å². The molecule has 0 aliphatic carbocycles. The zero-order valence-corrected chi connectivity index (χ0v) is 22.0. The van der Waals surface area contributed by atoms with E-state index in [4.69, 9.17) is 15.5 Å². The number of amides is 3. The second kappa shape index (κ2) is 10.1. The van der Waals surface area contributed by atoms with Crippen LogP contribution >= 0.6 is 11.3 Å². The van der Waals surface area contributed by atoms with E-state index in [1.807, 2.05) is 35.7 Å². The van der Waals surface area contributed by atoms with Crippen LogP contribution in [-0.4, -0.2) is 59.2 Å². The molecule has 0 spiro atoms. The van der Waals surface area contributed by atoms with Crippen molar-refractivity contribution < 1.29 is 14.3 Å². The summed E-state index contributed by atoms with van der Waals surface area (Å²) in [6.45, 7) is 6.14. The number of hydrazine groups is 1. The molecule has 2 atom stereocenters. The van der Waals surface area contributed by atoms with Gasteiger partial charge in [-0.2, -0.15) is 0 Å². The van der Waals surface area contributed by atoms with Crippen molar-refractivity contribution in [1.29, 1.82) is 0 Å². The maximum Gasteiger partial charge on any atom is 0.338 e. The number of benzene rings is 2. The molecule has 10 heteroatoms. The molecule has 3 heterocycles. The average molecular weight is 521 g/mol. The van der Waals surface area contributed by atoms with Crippen LogP contribution in [0.4, 0.5) is 9.93 Å². The number of piperazine rings is 1. The van der Waals surface area contributed by atoms with Crippen LogP contribution in [0.3, 0.4) is 0 Å². The van der Waals surface area contributed by atoms with E-state index in [9.17, 15) is 9.59 Å². The summed E-state index contributed by atoms with van der Waals surface area (Å²) in [4.78, 5) is 30.1. The van der Waals surface area contributed by atoms with Gasteiger partial charge in [0.05, 0.1) is 19.3 Å². The fraction of sp³-hybridized carbons (Fsp3) is 0.370. The van der Waals surface area contributed by atoms with Gasteiger partial charge in [0.2, 0.25) is 5.91 Å². The highest BCUT2D eigenvalue weighted by molar-refractivity contribution is 7.13. The summed E-state index contributed by atoms with van der Waals surface area (Å²) < 4.78 is 5.28. The van der Waals surface area contributed by atoms with Gasteiger partial charge >= 0.3 is 6.03 Å². The van der Waals surface area contributed by atoms with E-state index in [-0.39, 0.29) is 17.5 Å². The third-order valence-electron chi connectivity index (χ3n) is 7.29. The number of fused-ring (bicyclic) bond motifs is 2. The molecule has 3 amide bonds. The van der Waals surface area contributed by atoms with Gasteiger partial charge in [-0.05, 0) is 41.8 Å². The Morgan fingerprint density at radius 3 is 2.70 bits per heavy atom. The van der Waals surface area contributed by atoms with Crippen molar-refractivity contribution in [2.24, 2.45) is 5.73 Å². The first-order chi connectivity index (χ1) is 17.7. The molecule has 2 saturated heterocycles. The van der Waals surface area contributed by atoms with Gasteiger partial charge in [-0.3, -0.25) is 15.1 Å². The molecule has 1 aromatic heterocycles. The summed E-state index contributed by atoms with van der Waals surface area (Å²) in [5.74, 6) is 0.315. The molecule has 2 bridgehead atoms. The topological polar surface area (TPSA) is 113 Å². The van der Waals surface area contributed by atoms with Gasteiger partial charge in [0.1, 0.15) is 5.75 Å². The van der Waals surface area contributed by atoms with Crippen LogP contribution in [-0.2, 0) is 12.0 Å². The SMILES string of the molecule is COc1ccc(C(C)(C)c2csc(NC(=O)N(Cc3cccc(C(N)=O)c3)N3CC4CC3CN4)n2)cc1. The molecule has 0 saturated carbocycles. The molecule has 37 heavy (non-hydrogen) atoms. The molecule has 2 aliphatic heterocycles. The maximum absolute atomic E-state index is 13.6. The second-order valence-corrected chi connectivity index (χ2v) is 10.9. The molecular formula is C27H32N6O3S. The standard InChI is InChI=1S/C27H32N6O3S/c1-27(2,19-7-9-22(36-3)10-8-19)23-16-37-25(30-23)31-26(35)33(32-15-20-12-21(32)13-29-20)14-17-5-4-6-18(11-17)24(28)34/h4-11,16,20-21,29H,12-15H2,1-3H3,(H2,28,34)(H,30,31,35). The molecule has 2 aliphatic rings. The molecule has 2 fully saturated rings. The number of nitrogens with zero attached hydrogens (tertiary/aromatic N) is 3. The van der Waals surface area contributed by atoms with E-state index in [2.05, 4.69) is 29.5 Å². The average Bonchev–Trinajstić information content (AvgIpc) is 3.65. The van der Waals surface area contributed by atoms with Gasteiger partial charge < -0.3 is 15.8 Å². The summed E-state index contributed by atoms with van der Waals surface area (Å²) in [6.07, 6.45) is 1.00. The van der Waals surface area contributed by atoms with Gasteiger partial charge in [0, 0.05) is 41.5 Å². The molecule has 4 N–H and O–H groups in total. The number of nitrogens with two attached hydrogens (primary N) is 1.